The zero-order valence-electron chi connectivity index (χ0n) is 10.4. The highest BCUT2D eigenvalue weighted by Crippen LogP contribution is 2.26. The van der Waals surface area contributed by atoms with Crippen LogP contribution in [0.5, 0.6) is 0 Å². The first-order chi connectivity index (χ1) is 8.63. The summed E-state index contributed by atoms with van der Waals surface area (Å²) in [7, 11) is 0. The molecule has 0 aromatic rings. The molecule has 0 saturated carbocycles. The summed E-state index contributed by atoms with van der Waals surface area (Å²) in [6, 6.07) is -0.757. The smallest absolute Gasteiger partial charge is 0.327 e. The number of carboxylic acids is 1. The van der Waals surface area contributed by atoms with Crippen molar-refractivity contribution in [3.05, 3.63) is 0 Å². The monoisotopic (exact) mass is 290 g/mol. The van der Waals surface area contributed by atoms with Crippen molar-refractivity contribution in [2.75, 3.05) is 31.0 Å². The quantitative estimate of drug-likeness (QED) is 0.833. The fourth-order valence-electron chi connectivity index (χ4n) is 2.30. The molecule has 2 amide bonds. The number of carbonyl (C=O) groups is 2. The molecular formula is C11H18N2O3S2. The molecule has 0 radical (unpaired) electrons. The van der Waals surface area contributed by atoms with Crippen LogP contribution in [0.3, 0.4) is 0 Å². The predicted molar refractivity (Wildman–Crippen MR) is 74.1 cm³/mol. The first-order valence-corrected chi connectivity index (χ1v) is 8.46. The maximum Gasteiger partial charge on any atom is 0.327 e. The van der Waals surface area contributed by atoms with E-state index in [2.05, 4.69) is 6.26 Å². The van der Waals surface area contributed by atoms with Gasteiger partial charge in [-0.1, -0.05) is 0 Å². The topological polar surface area (TPSA) is 60.9 Å². The van der Waals surface area contributed by atoms with E-state index in [0.717, 1.165) is 25.9 Å². The van der Waals surface area contributed by atoms with Crippen LogP contribution in [0.15, 0.2) is 0 Å². The molecule has 2 aliphatic rings. The van der Waals surface area contributed by atoms with Crippen LogP contribution in [0.4, 0.5) is 4.79 Å². The maximum absolute atomic E-state index is 12.3. The van der Waals surface area contributed by atoms with E-state index in [1.807, 2.05) is 11.8 Å². The van der Waals surface area contributed by atoms with Gasteiger partial charge in [-0.2, -0.15) is 11.8 Å². The van der Waals surface area contributed by atoms with Crippen molar-refractivity contribution in [3.63, 3.8) is 0 Å². The van der Waals surface area contributed by atoms with Gasteiger partial charge in [-0.3, -0.25) is 0 Å². The zero-order valence-corrected chi connectivity index (χ0v) is 12.0. The lowest BCUT2D eigenvalue weighted by Crippen LogP contribution is -2.51. The van der Waals surface area contributed by atoms with Crippen LogP contribution < -0.4 is 0 Å². The van der Waals surface area contributed by atoms with E-state index in [4.69, 9.17) is 5.11 Å². The molecule has 5 nitrogen and oxygen atoms in total. The highest BCUT2D eigenvalue weighted by atomic mass is 32.2. The zero-order chi connectivity index (χ0) is 13.1. The van der Waals surface area contributed by atoms with Crippen molar-refractivity contribution in [1.29, 1.82) is 0 Å². The molecule has 0 unspecified atom stereocenters. The van der Waals surface area contributed by atoms with E-state index in [0.29, 0.717) is 16.9 Å². The standard InChI is InChI=1S/C11H18N2O3S2/c1-17-8-2-4-12(5-3-8)11(16)13-7-18-6-9(13)10(14)15/h8-9H,2-7H2,1H3,(H,14,15)/t9-/m0/s1. The molecule has 2 saturated heterocycles. The molecule has 7 heteroatoms. The summed E-state index contributed by atoms with van der Waals surface area (Å²) in [5.41, 5.74) is 0. The number of piperidine rings is 1. The molecule has 2 fully saturated rings. The van der Waals surface area contributed by atoms with Crippen LogP contribution in [-0.4, -0.2) is 69.2 Å². The van der Waals surface area contributed by atoms with Crippen LogP contribution in [0.1, 0.15) is 12.8 Å². The predicted octanol–water partition coefficient (Wildman–Crippen LogP) is 1.39. The van der Waals surface area contributed by atoms with Crippen LogP contribution in [0, 0.1) is 0 Å². The number of carbonyl (C=O) groups excluding carboxylic acids is 1. The molecule has 2 heterocycles. The molecule has 0 aromatic carbocycles. The van der Waals surface area contributed by atoms with Crippen molar-refractivity contribution in [2.45, 2.75) is 24.1 Å². The second kappa shape index (κ2) is 6.06. The van der Waals surface area contributed by atoms with Crippen molar-refractivity contribution in [2.24, 2.45) is 0 Å². The van der Waals surface area contributed by atoms with E-state index in [1.165, 1.54) is 16.7 Å². The minimum Gasteiger partial charge on any atom is -0.480 e. The molecule has 0 aromatic heterocycles. The second-order valence-corrected chi connectivity index (χ2v) is 6.67. The fraction of sp³-hybridized carbons (Fsp3) is 0.818. The van der Waals surface area contributed by atoms with Crippen LogP contribution in [0.25, 0.3) is 0 Å². The van der Waals surface area contributed by atoms with Gasteiger partial charge in [0.15, 0.2) is 0 Å². The molecule has 1 N–H and O–H groups in total. The van der Waals surface area contributed by atoms with Crippen molar-refractivity contribution in [3.8, 4) is 0 Å². The molecule has 0 bridgehead atoms. The summed E-state index contributed by atoms with van der Waals surface area (Å²) < 4.78 is 0. The lowest BCUT2D eigenvalue weighted by atomic mass is 10.1. The SMILES string of the molecule is CSC1CCN(C(=O)N2CSC[C@H]2C(=O)O)CC1. The minimum absolute atomic E-state index is 0.105. The summed E-state index contributed by atoms with van der Waals surface area (Å²) in [5.74, 6) is 0.105. The Hall–Kier alpha value is -0.560. The largest absolute Gasteiger partial charge is 0.480 e. The van der Waals surface area contributed by atoms with E-state index < -0.39 is 12.0 Å². The van der Waals surface area contributed by atoms with Crippen LogP contribution in [0.2, 0.25) is 0 Å². The average molecular weight is 290 g/mol. The number of urea groups is 1. The highest BCUT2D eigenvalue weighted by molar-refractivity contribution is 7.99. The summed E-state index contributed by atoms with van der Waals surface area (Å²) in [6.45, 7) is 1.50. The Bertz CT molecular complexity index is 332. The lowest BCUT2D eigenvalue weighted by Gasteiger charge is -2.34. The molecule has 102 valence electrons. The Kier molecular flexibility index (Phi) is 4.66. The third kappa shape index (κ3) is 2.88. The number of thioether (sulfide) groups is 2. The Morgan fingerprint density at radius 1 is 1.33 bits per heavy atom. The van der Waals surface area contributed by atoms with Crippen molar-refractivity contribution < 1.29 is 14.7 Å². The third-order valence-electron chi connectivity index (χ3n) is 3.46. The van der Waals surface area contributed by atoms with Crippen LogP contribution >= 0.6 is 23.5 Å². The normalized spacial score (nSPS) is 25.5. The molecule has 2 aliphatic heterocycles. The Balaban J connectivity index is 1.93. The van der Waals surface area contributed by atoms with Gasteiger partial charge in [-0.05, 0) is 19.1 Å². The summed E-state index contributed by atoms with van der Waals surface area (Å²) in [6.07, 6.45) is 4.11. The van der Waals surface area contributed by atoms with Gasteiger partial charge in [0.1, 0.15) is 6.04 Å². The summed E-state index contributed by atoms with van der Waals surface area (Å²) >= 11 is 3.36. The Labute approximate surface area is 115 Å². The maximum atomic E-state index is 12.3. The van der Waals surface area contributed by atoms with Gasteiger partial charge in [0.05, 0.1) is 5.88 Å². The molecular weight excluding hydrogens is 272 g/mol. The number of nitrogens with zero attached hydrogens (tertiary/aromatic N) is 2. The highest BCUT2D eigenvalue weighted by Gasteiger charge is 2.37. The van der Waals surface area contributed by atoms with Gasteiger partial charge in [0.25, 0.3) is 0 Å². The first-order valence-electron chi connectivity index (χ1n) is 6.02. The van der Waals surface area contributed by atoms with Gasteiger partial charge >= 0.3 is 12.0 Å². The second-order valence-electron chi connectivity index (χ2n) is 4.53. The van der Waals surface area contributed by atoms with Gasteiger partial charge in [-0.25, -0.2) is 9.59 Å². The van der Waals surface area contributed by atoms with Crippen molar-refractivity contribution in [1.82, 2.24) is 9.80 Å². The number of hydrogen-bond donors (Lipinski definition) is 1. The molecule has 0 aliphatic carbocycles. The molecule has 0 spiro atoms. The lowest BCUT2D eigenvalue weighted by molar-refractivity contribution is -0.140. The number of likely N-dealkylation sites (tertiary alicyclic amines) is 1. The van der Waals surface area contributed by atoms with Crippen LogP contribution in [-0.2, 0) is 4.79 Å². The molecule has 1 atom stereocenters. The summed E-state index contributed by atoms with van der Waals surface area (Å²) in [4.78, 5) is 26.6. The summed E-state index contributed by atoms with van der Waals surface area (Å²) in [5, 5.41) is 9.72. The van der Waals surface area contributed by atoms with E-state index in [-0.39, 0.29) is 6.03 Å². The van der Waals surface area contributed by atoms with Gasteiger partial charge in [0.2, 0.25) is 0 Å². The van der Waals surface area contributed by atoms with Gasteiger partial charge in [0, 0.05) is 24.1 Å². The number of rotatable bonds is 2. The minimum atomic E-state index is -0.896. The number of amides is 2. The number of hydrogen-bond acceptors (Lipinski definition) is 4. The first kappa shape index (κ1) is 13.9. The van der Waals surface area contributed by atoms with Gasteiger partial charge < -0.3 is 14.9 Å². The van der Waals surface area contributed by atoms with Crippen molar-refractivity contribution >= 4 is 35.5 Å². The van der Waals surface area contributed by atoms with Gasteiger partial charge in [-0.15, -0.1) is 11.8 Å². The average Bonchev–Trinajstić information content (AvgIpc) is 2.87. The van der Waals surface area contributed by atoms with E-state index >= 15 is 0 Å². The number of aliphatic carboxylic acids is 1. The fourth-order valence-corrected chi connectivity index (χ4v) is 4.12. The Morgan fingerprint density at radius 3 is 2.56 bits per heavy atom. The van der Waals surface area contributed by atoms with E-state index in [1.54, 1.807) is 4.90 Å². The molecule has 18 heavy (non-hydrogen) atoms. The van der Waals surface area contributed by atoms with E-state index in [9.17, 15) is 9.59 Å². The number of carboxylic acid groups (broad SMARTS) is 1. The molecule has 2 rings (SSSR count). The Morgan fingerprint density at radius 2 is 2.00 bits per heavy atom. The third-order valence-corrected chi connectivity index (χ3v) is 5.61.